The van der Waals surface area contributed by atoms with Gasteiger partial charge >= 0.3 is 0 Å². The van der Waals surface area contributed by atoms with Crippen molar-refractivity contribution in [3.05, 3.63) is 83.0 Å². The molecule has 38 heavy (non-hydrogen) atoms. The van der Waals surface area contributed by atoms with Gasteiger partial charge in [-0.25, -0.2) is 5.01 Å². The minimum absolute atomic E-state index is 0.151. The summed E-state index contributed by atoms with van der Waals surface area (Å²) in [6, 6.07) is 20.0. The highest BCUT2D eigenvalue weighted by atomic mass is 16.5. The van der Waals surface area contributed by atoms with E-state index in [1.54, 1.807) is 26.3 Å². The largest absolute Gasteiger partial charge is 0.493 e. The highest BCUT2D eigenvalue weighted by Gasteiger charge is 2.35. The van der Waals surface area contributed by atoms with Crippen LogP contribution in [0.5, 0.6) is 17.2 Å². The van der Waals surface area contributed by atoms with Crippen LogP contribution in [0, 0.1) is 13.8 Å². The summed E-state index contributed by atoms with van der Waals surface area (Å²) in [5, 5.41) is 7.50. The topological polar surface area (TPSA) is 73.3 Å². The Bertz CT molecular complexity index is 1540. The number of hydrogen-bond donors (Lipinski definition) is 0. The fourth-order valence-electron chi connectivity index (χ4n) is 5.26. The number of carbonyl (C=O) groups is 1. The van der Waals surface area contributed by atoms with Crippen LogP contribution in [-0.2, 0) is 4.79 Å². The molecular weight excluding hydrogens is 478 g/mol. The normalized spacial score (nSPS) is 14.9. The summed E-state index contributed by atoms with van der Waals surface area (Å²) >= 11 is 0. The van der Waals surface area contributed by atoms with E-state index in [-0.39, 0.29) is 11.9 Å². The number of aromatic nitrogens is 1. The van der Waals surface area contributed by atoms with Gasteiger partial charge in [0, 0.05) is 35.6 Å². The molecule has 0 aliphatic carbocycles. The fraction of sp³-hybridized carbons (Fsp3) is 0.258. The predicted octanol–water partition coefficient (Wildman–Crippen LogP) is 6.24. The lowest BCUT2D eigenvalue weighted by Gasteiger charge is -2.22. The van der Waals surface area contributed by atoms with Crippen LogP contribution in [0.2, 0.25) is 0 Å². The van der Waals surface area contributed by atoms with Crippen molar-refractivity contribution in [1.29, 1.82) is 0 Å². The maximum atomic E-state index is 12.9. The standard InChI is InChI=1S/C31H31N3O4/c1-18-12-13-24-23(14-18)30(21-10-8-7-9-11-21)29(19(2)32-24)25-17-26(34(33-25)20(3)35)22-15-27(36-4)31(38-6)28(16-22)37-5/h7-16,26H,17H2,1-6H3/t26-/m0/s1. The van der Waals surface area contributed by atoms with Crippen molar-refractivity contribution in [2.45, 2.75) is 33.2 Å². The first kappa shape index (κ1) is 25.3. The number of amides is 1. The summed E-state index contributed by atoms with van der Waals surface area (Å²) in [6.07, 6.45) is 0.512. The Balaban J connectivity index is 1.70. The number of rotatable bonds is 6. The minimum Gasteiger partial charge on any atom is -0.493 e. The molecule has 0 radical (unpaired) electrons. The van der Waals surface area contributed by atoms with Crippen molar-refractivity contribution in [3.8, 4) is 28.4 Å². The van der Waals surface area contributed by atoms with Gasteiger partial charge in [-0.05, 0) is 49.2 Å². The molecule has 1 aromatic heterocycles. The van der Waals surface area contributed by atoms with Gasteiger partial charge in [-0.1, -0.05) is 42.0 Å². The first-order valence-electron chi connectivity index (χ1n) is 12.5. The van der Waals surface area contributed by atoms with Crippen molar-refractivity contribution in [3.63, 3.8) is 0 Å². The molecule has 3 aromatic carbocycles. The lowest BCUT2D eigenvalue weighted by molar-refractivity contribution is -0.130. The maximum Gasteiger partial charge on any atom is 0.240 e. The number of pyridine rings is 1. The van der Waals surface area contributed by atoms with Crippen LogP contribution in [0.15, 0.2) is 65.8 Å². The van der Waals surface area contributed by atoms with Crippen LogP contribution in [0.4, 0.5) is 0 Å². The van der Waals surface area contributed by atoms with Gasteiger partial charge in [0.05, 0.1) is 38.6 Å². The Hall–Kier alpha value is -4.39. The number of fused-ring (bicyclic) bond motifs is 1. The average molecular weight is 510 g/mol. The molecule has 0 unspecified atom stereocenters. The van der Waals surface area contributed by atoms with E-state index in [4.69, 9.17) is 24.3 Å². The Labute approximate surface area is 222 Å². The van der Waals surface area contributed by atoms with E-state index in [2.05, 4.69) is 37.3 Å². The number of hydrazone groups is 1. The Morgan fingerprint density at radius 3 is 2.18 bits per heavy atom. The first-order chi connectivity index (χ1) is 18.4. The third-order valence-corrected chi connectivity index (χ3v) is 6.98. The van der Waals surface area contributed by atoms with Crippen molar-refractivity contribution >= 4 is 22.5 Å². The lowest BCUT2D eigenvalue weighted by Crippen LogP contribution is -2.24. The molecule has 2 heterocycles. The monoisotopic (exact) mass is 509 g/mol. The summed E-state index contributed by atoms with van der Waals surface area (Å²) in [5.74, 6) is 1.41. The summed E-state index contributed by atoms with van der Waals surface area (Å²) in [6.45, 7) is 5.62. The molecule has 0 bridgehead atoms. The molecule has 4 aromatic rings. The molecule has 0 fully saturated rings. The number of nitrogens with zero attached hydrogens (tertiary/aromatic N) is 3. The van der Waals surface area contributed by atoms with Gasteiger partial charge in [-0.3, -0.25) is 9.78 Å². The zero-order valence-corrected chi connectivity index (χ0v) is 22.5. The van der Waals surface area contributed by atoms with E-state index in [1.165, 1.54) is 6.92 Å². The maximum absolute atomic E-state index is 12.9. The molecule has 1 aliphatic heterocycles. The third-order valence-electron chi connectivity index (χ3n) is 6.98. The lowest BCUT2D eigenvalue weighted by atomic mass is 9.89. The zero-order chi connectivity index (χ0) is 27.0. The molecule has 0 N–H and O–H groups in total. The zero-order valence-electron chi connectivity index (χ0n) is 22.5. The van der Waals surface area contributed by atoms with E-state index in [0.717, 1.165) is 50.1 Å². The summed E-state index contributed by atoms with van der Waals surface area (Å²) in [7, 11) is 4.73. The summed E-state index contributed by atoms with van der Waals surface area (Å²) in [4.78, 5) is 17.8. The van der Waals surface area contributed by atoms with Gasteiger partial charge in [0.25, 0.3) is 0 Å². The molecule has 7 nitrogen and oxygen atoms in total. The number of hydrogen-bond acceptors (Lipinski definition) is 6. The van der Waals surface area contributed by atoms with Crippen molar-refractivity contribution < 1.29 is 19.0 Å². The quantitative estimate of drug-likeness (QED) is 0.308. The van der Waals surface area contributed by atoms with E-state index in [9.17, 15) is 4.79 Å². The first-order valence-corrected chi connectivity index (χ1v) is 12.5. The number of carbonyl (C=O) groups excluding carboxylic acids is 1. The van der Waals surface area contributed by atoms with E-state index in [0.29, 0.717) is 23.7 Å². The van der Waals surface area contributed by atoms with Gasteiger partial charge in [-0.2, -0.15) is 5.10 Å². The SMILES string of the molecule is COc1cc([C@@H]2CC(c3c(C)nc4ccc(C)cc4c3-c3ccccc3)=NN2C(C)=O)cc(OC)c1OC. The van der Waals surface area contributed by atoms with Crippen LogP contribution in [0.3, 0.4) is 0 Å². The van der Waals surface area contributed by atoms with Gasteiger partial charge in [0.1, 0.15) is 0 Å². The second-order valence-corrected chi connectivity index (χ2v) is 9.42. The van der Waals surface area contributed by atoms with E-state index < -0.39 is 0 Å². The van der Waals surface area contributed by atoms with Gasteiger partial charge in [0.15, 0.2) is 11.5 Å². The molecule has 7 heteroatoms. The Morgan fingerprint density at radius 2 is 1.58 bits per heavy atom. The van der Waals surface area contributed by atoms with Crippen LogP contribution in [-0.4, -0.2) is 42.9 Å². The summed E-state index contributed by atoms with van der Waals surface area (Å²) < 4.78 is 16.7. The second kappa shape index (κ2) is 10.2. The Kier molecular flexibility index (Phi) is 6.76. The molecular formula is C31H31N3O4. The molecule has 194 valence electrons. The van der Waals surface area contributed by atoms with Crippen molar-refractivity contribution in [2.75, 3.05) is 21.3 Å². The molecule has 1 aliphatic rings. The summed E-state index contributed by atoms with van der Waals surface area (Å²) in [5.41, 5.74) is 7.72. The second-order valence-electron chi connectivity index (χ2n) is 9.42. The highest BCUT2D eigenvalue weighted by molar-refractivity contribution is 6.14. The van der Waals surface area contributed by atoms with Crippen LogP contribution in [0.25, 0.3) is 22.0 Å². The van der Waals surface area contributed by atoms with E-state index in [1.807, 2.05) is 37.3 Å². The average Bonchev–Trinajstić information content (AvgIpc) is 3.37. The highest BCUT2D eigenvalue weighted by Crippen LogP contribution is 2.44. The van der Waals surface area contributed by atoms with E-state index >= 15 is 0 Å². The number of benzene rings is 3. The Morgan fingerprint density at radius 1 is 0.895 bits per heavy atom. The number of aryl methyl sites for hydroxylation is 2. The molecule has 0 saturated heterocycles. The fourth-order valence-corrected chi connectivity index (χ4v) is 5.26. The molecule has 0 saturated carbocycles. The predicted molar refractivity (Wildman–Crippen MR) is 149 cm³/mol. The number of methoxy groups -OCH3 is 3. The molecule has 5 rings (SSSR count). The number of ether oxygens (including phenoxy) is 3. The van der Waals surface area contributed by atoms with Crippen LogP contribution < -0.4 is 14.2 Å². The van der Waals surface area contributed by atoms with Crippen molar-refractivity contribution in [2.24, 2.45) is 5.10 Å². The van der Waals surface area contributed by atoms with Crippen LogP contribution >= 0.6 is 0 Å². The van der Waals surface area contributed by atoms with Gasteiger partial charge < -0.3 is 14.2 Å². The van der Waals surface area contributed by atoms with Gasteiger partial charge in [-0.15, -0.1) is 0 Å². The third kappa shape index (κ3) is 4.34. The van der Waals surface area contributed by atoms with Crippen molar-refractivity contribution in [1.82, 2.24) is 9.99 Å². The minimum atomic E-state index is -0.340. The van der Waals surface area contributed by atoms with Gasteiger partial charge in [0.2, 0.25) is 11.7 Å². The van der Waals surface area contributed by atoms with Crippen LogP contribution in [0.1, 0.15) is 41.8 Å². The molecule has 0 spiro atoms. The smallest absolute Gasteiger partial charge is 0.240 e. The molecule has 1 atom stereocenters. The molecule has 1 amide bonds.